The van der Waals surface area contributed by atoms with Gasteiger partial charge in [0, 0.05) is 12.6 Å². The Bertz CT molecular complexity index is 1240. The largest absolute Gasteiger partial charge is 0.416 e. The molecule has 11 heteroatoms. The number of aryl methyl sites for hydroxylation is 1. The molecule has 0 spiro atoms. The number of amides is 1. The van der Waals surface area contributed by atoms with Gasteiger partial charge in [-0.3, -0.25) is 4.79 Å². The molecule has 3 aromatic rings. The third-order valence-corrected chi connectivity index (χ3v) is 6.50. The number of nitrogens with two attached hydrogens (primary N) is 1. The monoisotopic (exact) mass is 483 g/mol. The van der Waals surface area contributed by atoms with Gasteiger partial charge in [0.25, 0.3) is 10.0 Å². The lowest BCUT2D eigenvalue weighted by Gasteiger charge is -2.25. The lowest BCUT2D eigenvalue weighted by atomic mass is 10.1. The number of carbonyl (C=O) groups is 1. The Hall–Kier alpha value is -3.11. The van der Waals surface area contributed by atoms with Gasteiger partial charge in [-0.05, 0) is 54.4 Å². The van der Waals surface area contributed by atoms with Gasteiger partial charge in [0.1, 0.15) is 5.82 Å². The molecule has 2 N–H and O–H groups in total. The number of hydrogen-bond donors (Lipinski definition) is 1. The number of pyridine rings is 1. The van der Waals surface area contributed by atoms with Crippen molar-refractivity contribution < 1.29 is 26.4 Å². The van der Waals surface area contributed by atoms with E-state index in [9.17, 15) is 26.4 Å². The van der Waals surface area contributed by atoms with Crippen molar-refractivity contribution in [2.45, 2.75) is 23.9 Å². The zero-order valence-electron chi connectivity index (χ0n) is 16.4. The van der Waals surface area contributed by atoms with Crippen molar-refractivity contribution in [1.29, 1.82) is 0 Å². The summed E-state index contributed by atoms with van der Waals surface area (Å²) in [7, 11) is -4.41. The van der Waals surface area contributed by atoms with Crippen molar-refractivity contribution in [1.82, 2.24) is 4.98 Å². The molecule has 0 aliphatic rings. The van der Waals surface area contributed by atoms with Crippen LogP contribution < -0.4 is 10.0 Å². The molecular weight excluding hydrogens is 467 g/mol. The van der Waals surface area contributed by atoms with Crippen LogP contribution in [0.2, 0.25) is 5.02 Å². The standard InChI is InChI=1S/C21H17ClF3N3O3S/c22-17-8-7-15(21(23,24)25)13-18(17)28(32(30,31)16-4-2-1-3-5-16)20-12-14(10-11-27-20)6-9-19(26)29/h1-5,7-8,10-13H,6,9H2,(H2,26,29). The second-order valence-corrected chi connectivity index (χ2v) is 8.93. The molecule has 32 heavy (non-hydrogen) atoms. The van der Waals surface area contributed by atoms with Gasteiger partial charge < -0.3 is 5.73 Å². The second kappa shape index (κ2) is 9.17. The highest BCUT2D eigenvalue weighted by Crippen LogP contribution is 2.40. The summed E-state index contributed by atoms with van der Waals surface area (Å²) in [6, 6.07) is 12.5. The van der Waals surface area contributed by atoms with Crippen LogP contribution in [0, 0.1) is 0 Å². The highest BCUT2D eigenvalue weighted by Gasteiger charge is 2.35. The summed E-state index contributed by atoms with van der Waals surface area (Å²) in [4.78, 5) is 15.0. The van der Waals surface area contributed by atoms with Gasteiger partial charge in [-0.25, -0.2) is 17.7 Å². The summed E-state index contributed by atoms with van der Waals surface area (Å²) in [6.07, 6.45) is -3.24. The van der Waals surface area contributed by atoms with Gasteiger partial charge in [-0.15, -0.1) is 0 Å². The number of benzene rings is 2. The maximum absolute atomic E-state index is 13.5. The van der Waals surface area contributed by atoms with Gasteiger partial charge in [0.05, 0.1) is 21.2 Å². The van der Waals surface area contributed by atoms with Crippen LogP contribution >= 0.6 is 11.6 Å². The fourth-order valence-corrected chi connectivity index (χ4v) is 4.63. The Morgan fingerprint density at radius 1 is 1.06 bits per heavy atom. The Morgan fingerprint density at radius 2 is 1.75 bits per heavy atom. The van der Waals surface area contributed by atoms with Gasteiger partial charge in [-0.1, -0.05) is 29.8 Å². The minimum atomic E-state index is -4.72. The summed E-state index contributed by atoms with van der Waals surface area (Å²) in [5.74, 6) is -0.741. The maximum atomic E-state index is 13.5. The van der Waals surface area contributed by atoms with Gasteiger partial charge in [0.2, 0.25) is 5.91 Å². The first-order chi connectivity index (χ1) is 15.0. The molecule has 1 amide bonds. The summed E-state index contributed by atoms with van der Waals surface area (Å²) in [5, 5.41) is -0.221. The number of aromatic nitrogens is 1. The lowest BCUT2D eigenvalue weighted by molar-refractivity contribution is -0.137. The smallest absolute Gasteiger partial charge is 0.370 e. The maximum Gasteiger partial charge on any atom is 0.416 e. The Morgan fingerprint density at radius 3 is 2.38 bits per heavy atom. The van der Waals surface area contributed by atoms with Crippen LogP contribution in [0.1, 0.15) is 17.5 Å². The van der Waals surface area contributed by atoms with E-state index in [1.165, 1.54) is 36.5 Å². The van der Waals surface area contributed by atoms with E-state index in [1.54, 1.807) is 12.1 Å². The normalized spacial score (nSPS) is 11.9. The molecule has 3 rings (SSSR count). The van der Waals surface area contributed by atoms with Crippen molar-refractivity contribution in [3.8, 4) is 0 Å². The van der Waals surface area contributed by atoms with Crippen molar-refractivity contribution in [3.63, 3.8) is 0 Å². The number of carbonyl (C=O) groups excluding carboxylic acids is 1. The van der Waals surface area contributed by atoms with Crippen LogP contribution in [0.15, 0.2) is 71.8 Å². The molecule has 1 heterocycles. The van der Waals surface area contributed by atoms with E-state index >= 15 is 0 Å². The highest BCUT2D eigenvalue weighted by molar-refractivity contribution is 7.93. The molecular formula is C21H17ClF3N3O3S. The predicted molar refractivity (Wildman–Crippen MR) is 114 cm³/mol. The van der Waals surface area contributed by atoms with Gasteiger partial charge in [-0.2, -0.15) is 13.2 Å². The summed E-state index contributed by atoms with van der Waals surface area (Å²) in [5.41, 5.74) is 4.20. The van der Waals surface area contributed by atoms with E-state index in [-0.39, 0.29) is 28.6 Å². The Kier molecular flexibility index (Phi) is 6.75. The van der Waals surface area contributed by atoms with Crippen molar-refractivity contribution in [3.05, 3.63) is 83.0 Å². The average molecular weight is 484 g/mol. The lowest BCUT2D eigenvalue weighted by Crippen LogP contribution is -2.28. The van der Waals surface area contributed by atoms with E-state index in [4.69, 9.17) is 17.3 Å². The van der Waals surface area contributed by atoms with Crippen LogP contribution in [-0.4, -0.2) is 19.3 Å². The van der Waals surface area contributed by atoms with Crippen molar-refractivity contribution >= 4 is 39.0 Å². The van der Waals surface area contributed by atoms with Gasteiger partial charge >= 0.3 is 6.18 Å². The molecule has 0 bridgehead atoms. The molecule has 168 valence electrons. The Balaban J connectivity index is 2.23. The quantitative estimate of drug-likeness (QED) is 0.527. The molecule has 0 saturated heterocycles. The molecule has 0 fully saturated rings. The molecule has 6 nitrogen and oxygen atoms in total. The van der Waals surface area contributed by atoms with E-state index in [2.05, 4.69) is 4.98 Å². The number of hydrogen-bond acceptors (Lipinski definition) is 4. The molecule has 0 saturated carbocycles. The van der Waals surface area contributed by atoms with Crippen LogP contribution in [0.4, 0.5) is 24.7 Å². The molecule has 0 aliphatic heterocycles. The first kappa shape index (κ1) is 23.6. The van der Waals surface area contributed by atoms with Crippen LogP contribution in [0.25, 0.3) is 0 Å². The minimum Gasteiger partial charge on any atom is -0.370 e. The summed E-state index contributed by atoms with van der Waals surface area (Å²) in [6.45, 7) is 0. The molecule has 0 atom stereocenters. The zero-order chi connectivity index (χ0) is 23.5. The fraction of sp³-hybridized carbons (Fsp3) is 0.143. The van der Waals surface area contributed by atoms with E-state index in [0.717, 1.165) is 12.1 Å². The van der Waals surface area contributed by atoms with E-state index in [1.807, 2.05) is 0 Å². The first-order valence-corrected chi connectivity index (χ1v) is 11.0. The zero-order valence-corrected chi connectivity index (χ0v) is 18.0. The minimum absolute atomic E-state index is 0.000790. The van der Waals surface area contributed by atoms with Crippen LogP contribution in [-0.2, 0) is 27.4 Å². The molecule has 1 aromatic heterocycles. The SMILES string of the molecule is NC(=O)CCc1ccnc(N(c2cc(C(F)(F)F)ccc2Cl)S(=O)(=O)c2ccccc2)c1. The van der Waals surface area contributed by atoms with Crippen molar-refractivity contribution in [2.24, 2.45) is 5.73 Å². The molecule has 2 aromatic carbocycles. The highest BCUT2D eigenvalue weighted by atomic mass is 35.5. The third-order valence-electron chi connectivity index (χ3n) is 4.45. The molecule has 0 aliphatic carbocycles. The van der Waals surface area contributed by atoms with Crippen molar-refractivity contribution in [2.75, 3.05) is 4.31 Å². The number of alkyl halides is 3. The van der Waals surface area contributed by atoms with Crippen LogP contribution in [0.3, 0.4) is 0 Å². The second-order valence-electron chi connectivity index (χ2n) is 6.74. The predicted octanol–water partition coefficient (Wildman–Crippen LogP) is 4.70. The summed E-state index contributed by atoms with van der Waals surface area (Å²) < 4.78 is 67.7. The van der Waals surface area contributed by atoms with Crippen LogP contribution in [0.5, 0.6) is 0 Å². The number of nitrogens with zero attached hydrogens (tertiary/aromatic N) is 2. The fourth-order valence-electron chi connectivity index (χ4n) is 2.91. The first-order valence-electron chi connectivity index (χ1n) is 9.20. The number of halogens is 4. The molecule has 0 radical (unpaired) electrons. The third kappa shape index (κ3) is 5.20. The Labute approximate surface area is 187 Å². The number of primary amides is 1. The molecule has 0 unspecified atom stereocenters. The number of anilines is 2. The summed E-state index contributed by atoms with van der Waals surface area (Å²) >= 11 is 6.16. The van der Waals surface area contributed by atoms with E-state index in [0.29, 0.717) is 15.9 Å². The average Bonchev–Trinajstić information content (AvgIpc) is 2.74. The topological polar surface area (TPSA) is 93.4 Å². The van der Waals surface area contributed by atoms with Gasteiger partial charge in [0.15, 0.2) is 0 Å². The number of rotatable bonds is 7. The van der Waals surface area contributed by atoms with E-state index < -0.39 is 33.4 Å². The number of sulfonamides is 1.